The van der Waals surface area contributed by atoms with E-state index in [1.807, 2.05) is 13.1 Å². The summed E-state index contributed by atoms with van der Waals surface area (Å²) in [7, 11) is 1.84. The molecule has 54 valence electrons. The van der Waals surface area contributed by atoms with Crippen LogP contribution in [0.5, 0.6) is 0 Å². The van der Waals surface area contributed by atoms with Crippen molar-refractivity contribution in [2.45, 2.75) is 6.54 Å². The first-order valence-electron chi connectivity index (χ1n) is 2.98. The predicted molar refractivity (Wildman–Crippen MR) is 36.1 cm³/mol. The highest BCUT2D eigenvalue weighted by atomic mass is 16.1. The molecule has 1 rings (SSSR count). The number of nitrogens with one attached hydrogen (secondary N) is 1. The summed E-state index contributed by atoms with van der Waals surface area (Å²) in [6.07, 6.45) is 2.37. The molecule has 0 fully saturated rings. The van der Waals surface area contributed by atoms with Crippen LogP contribution in [-0.4, -0.2) is 16.2 Å². The number of carbonyl (C=O) groups excluding carboxylic acids is 1. The third kappa shape index (κ3) is 1.34. The Balaban J connectivity index is 2.56. The molecule has 0 saturated heterocycles. The molecular formula is C6H9N3O. The van der Waals surface area contributed by atoms with E-state index in [4.69, 9.17) is 0 Å². The maximum Gasteiger partial charge on any atom is 0.207 e. The maximum atomic E-state index is 9.87. The fourth-order valence-electron chi connectivity index (χ4n) is 0.721. The van der Waals surface area contributed by atoms with Crippen LogP contribution in [0.4, 0.5) is 0 Å². The van der Waals surface area contributed by atoms with Crippen LogP contribution in [0.25, 0.3) is 0 Å². The average Bonchev–Trinajstić information content (AvgIpc) is 2.31. The third-order valence-corrected chi connectivity index (χ3v) is 1.29. The van der Waals surface area contributed by atoms with Crippen LogP contribution >= 0.6 is 0 Å². The normalized spacial score (nSPS) is 9.30. The topological polar surface area (TPSA) is 46.9 Å². The van der Waals surface area contributed by atoms with Crippen molar-refractivity contribution in [3.63, 3.8) is 0 Å². The molecule has 0 saturated carbocycles. The van der Waals surface area contributed by atoms with E-state index in [0.29, 0.717) is 13.0 Å². The Kier molecular flexibility index (Phi) is 2.04. The maximum absolute atomic E-state index is 9.87. The highest BCUT2D eigenvalue weighted by Crippen LogP contribution is 1.93. The van der Waals surface area contributed by atoms with Gasteiger partial charge in [-0.05, 0) is 6.07 Å². The minimum atomic E-state index is 0.542. The molecule has 1 N–H and O–H groups in total. The van der Waals surface area contributed by atoms with Gasteiger partial charge in [-0.3, -0.25) is 9.48 Å². The van der Waals surface area contributed by atoms with E-state index >= 15 is 0 Å². The van der Waals surface area contributed by atoms with E-state index < -0.39 is 0 Å². The number of hydrogen-bond donors (Lipinski definition) is 1. The summed E-state index contributed by atoms with van der Waals surface area (Å²) in [5, 5.41) is 6.48. The van der Waals surface area contributed by atoms with E-state index in [1.165, 1.54) is 0 Å². The monoisotopic (exact) mass is 139 g/mol. The summed E-state index contributed by atoms with van der Waals surface area (Å²) < 4.78 is 1.72. The Morgan fingerprint density at radius 1 is 1.90 bits per heavy atom. The van der Waals surface area contributed by atoms with Crippen LogP contribution in [0.15, 0.2) is 12.3 Å². The third-order valence-electron chi connectivity index (χ3n) is 1.29. The van der Waals surface area contributed by atoms with Crippen LogP contribution in [-0.2, 0) is 18.4 Å². The molecule has 0 radical (unpaired) electrons. The molecule has 0 bridgehead atoms. The highest BCUT2D eigenvalue weighted by Gasteiger charge is 1.94. The van der Waals surface area contributed by atoms with Gasteiger partial charge in [0.2, 0.25) is 6.41 Å². The zero-order valence-electron chi connectivity index (χ0n) is 5.74. The Morgan fingerprint density at radius 2 is 2.70 bits per heavy atom. The van der Waals surface area contributed by atoms with E-state index in [0.717, 1.165) is 5.69 Å². The molecule has 0 aromatic carbocycles. The molecule has 0 unspecified atom stereocenters. The number of nitrogens with zero attached hydrogens (tertiary/aromatic N) is 2. The molecule has 0 aliphatic rings. The van der Waals surface area contributed by atoms with Crippen molar-refractivity contribution < 1.29 is 4.79 Å². The number of rotatable bonds is 3. The van der Waals surface area contributed by atoms with E-state index in [9.17, 15) is 4.79 Å². The van der Waals surface area contributed by atoms with Gasteiger partial charge < -0.3 is 5.32 Å². The van der Waals surface area contributed by atoms with Gasteiger partial charge in [0.1, 0.15) is 0 Å². The van der Waals surface area contributed by atoms with Crippen molar-refractivity contribution in [3.8, 4) is 0 Å². The number of hydrogen-bond acceptors (Lipinski definition) is 2. The summed E-state index contributed by atoms with van der Waals surface area (Å²) in [4.78, 5) is 9.87. The highest BCUT2D eigenvalue weighted by molar-refractivity contribution is 5.45. The van der Waals surface area contributed by atoms with Crippen molar-refractivity contribution in [2.75, 3.05) is 0 Å². The smallest absolute Gasteiger partial charge is 0.207 e. The standard InChI is InChI=1S/C6H9N3O/c1-9-6(2-3-8-9)4-7-5-10/h2-3,5H,4H2,1H3,(H,7,10). The molecule has 4 nitrogen and oxygen atoms in total. The van der Waals surface area contributed by atoms with E-state index in [2.05, 4.69) is 10.4 Å². The fraction of sp³-hybridized carbons (Fsp3) is 0.333. The molecule has 1 amide bonds. The summed E-state index contributed by atoms with van der Waals surface area (Å²) in [6.45, 7) is 0.542. The lowest BCUT2D eigenvalue weighted by molar-refractivity contribution is -0.109. The second-order valence-corrected chi connectivity index (χ2v) is 1.94. The Bertz CT molecular complexity index is 219. The molecule has 0 aliphatic heterocycles. The number of aromatic nitrogens is 2. The zero-order valence-corrected chi connectivity index (χ0v) is 5.74. The van der Waals surface area contributed by atoms with Gasteiger partial charge in [-0.1, -0.05) is 0 Å². The minimum absolute atomic E-state index is 0.542. The Labute approximate surface area is 58.8 Å². The largest absolute Gasteiger partial charge is 0.353 e. The van der Waals surface area contributed by atoms with Crippen LogP contribution in [0.3, 0.4) is 0 Å². The van der Waals surface area contributed by atoms with Crippen LogP contribution in [0.1, 0.15) is 5.69 Å². The zero-order chi connectivity index (χ0) is 7.40. The van der Waals surface area contributed by atoms with Crippen molar-refractivity contribution in [2.24, 2.45) is 7.05 Å². The van der Waals surface area contributed by atoms with Gasteiger partial charge in [0.15, 0.2) is 0 Å². The minimum Gasteiger partial charge on any atom is -0.353 e. The van der Waals surface area contributed by atoms with Crippen molar-refractivity contribution in [1.29, 1.82) is 0 Å². The van der Waals surface area contributed by atoms with Crippen molar-refractivity contribution in [1.82, 2.24) is 15.1 Å². The lowest BCUT2D eigenvalue weighted by atomic mass is 10.4. The van der Waals surface area contributed by atoms with Gasteiger partial charge in [0, 0.05) is 13.2 Å². The summed E-state index contributed by atoms with van der Waals surface area (Å²) in [5.41, 5.74) is 0.993. The molecule has 1 aromatic rings. The Morgan fingerprint density at radius 3 is 3.20 bits per heavy atom. The summed E-state index contributed by atoms with van der Waals surface area (Å²) in [6, 6.07) is 1.86. The van der Waals surface area contributed by atoms with Crippen molar-refractivity contribution in [3.05, 3.63) is 18.0 Å². The predicted octanol–water partition coefficient (Wildman–Crippen LogP) is -0.334. The molecular weight excluding hydrogens is 130 g/mol. The molecule has 10 heavy (non-hydrogen) atoms. The van der Waals surface area contributed by atoms with Gasteiger partial charge in [-0.2, -0.15) is 5.10 Å². The summed E-state index contributed by atoms with van der Waals surface area (Å²) >= 11 is 0. The quantitative estimate of drug-likeness (QED) is 0.583. The second-order valence-electron chi connectivity index (χ2n) is 1.94. The first-order valence-corrected chi connectivity index (χ1v) is 2.98. The number of amides is 1. The van der Waals surface area contributed by atoms with Crippen LogP contribution in [0, 0.1) is 0 Å². The molecule has 4 heteroatoms. The molecule has 0 spiro atoms. The lowest BCUT2D eigenvalue weighted by Gasteiger charge is -1.97. The van der Waals surface area contributed by atoms with Crippen molar-refractivity contribution >= 4 is 6.41 Å². The molecule has 1 aromatic heterocycles. The van der Waals surface area contributed by atoms with Gasteiger partial charge in [-0.15, -0.1) is 0 Å². The number of aryl methyl sites for hydroxylation is 1. The SMILES string of the molecule is Cn1nccc1CNC=O. The summed E-state index contributed by atoms with van der Waals surface area (Å²) in [5.74, 6) is 0. The molecule has 0 aliphatic carbocycles. The van der Waals surface area contributed by atoms with Crippen LogP contribution in [0.2, 0.25) is 0 Å². The van der Waals surface area contributed by atoms with Gasteiger partial charge >= 0.3 is 0 Å². The van der Waals surface area contributed by atoms with Crippen LogP contribution < -0.4 is 5.32 Å². The van der Waals surface area contributed by atoms with E-state index in [-0.39, 0.29) is 0 Å². The lowest BCUT2D eigenvalue weighted by Crippen LogP contribution is -2.12. The average molecular weight is 139 g/mol. The number of carbonyl (C=O) groups is 1. The molecule has 1 heterocycles. The Hall–Kier alpha value is -1.32. The van der Waals surface area contributed by atoms with Gasteiger partial charge in [-0.25, -0.2) is 0 Å². The fourth-order valence-corrected chi connectivity index (χ4v) is 0.721. The van der Waals surface area contributed by atoms with Gasteiger partial charge in [0.25, 0.3) is 0 Å². The van der Waals surface area contributed by atoms with E-state index in [1.54, 1.807) is 10.9 Å². The van der Waals surface area contributed by atoms with Gasteiger partial charge in [0.05, 0.1) is 12.2 Å². The first kappa shape index (κ1) is 6.80. The first-order chi connectivity index (χ1) is 4.84. The second kappa shape index (κ2) is 3.00. The molecule has 0 atom stereocenters.